The van der Waals surface area contributed by atoms with Crippen molar-refractivity contribution in [3.05, 3.63) is 29.7 Å². The van der Waals surface area contributed by atoms with Gasteiger partial charge >= 0.3 is 0 Å². The molecular weight excluding hydrogens is 138 g/mol. The molecule has 0 saturated carbocycles. The highest BCUT2D eigenvalue weighted by atomic mass is 16.3. The van der Waals surface area contributed by atoms with Crippen molar-refractivity contribution in [3.63, 3.8) is 0 Å². The van der Waals surface area contributed by atoms with Crippen LogP contribution < -0.4 is 0 Å². The lowest BCUT2D eigenvalue weighted by Crippen LogP contribution is -1.74. The lowest BCUT2D eigenvalue weighted by Gasteiger charge is -1.88. The molecule has 0 spiro atoms. The van der Waals surface area contributed by atoms with Crippen molar-refractivity contribution in [2.24, 2.45) is 0 Å². The molecule has 0 aliphatic rings. The first-order chi connectivity index (χ1) is 5.25. The number of hydrogen-bond acceptors (Lipinski definition) is 2. The molecule has 0 aromatic carbocycles. The van der Waals surface area contributed by atoms with Gasteiger partial charge in [0.05, 0.1) is 0 Å². The third kappa shape index (κ3) is 1.00. The lowest BCUT2D eigenvalue weighted by molar-refractivity contribution is 0.578. The van der Waals surface area contributed by atoms with Gasteiger partial charge in [0.1, 0.15) is 11.3 Å². The van der Waals surface area contributed by atoms with E-state index < -0.39 is 0 Å². The van der Waals surface area contributed by atoms with Crippen molar-refractivity contribution in [2.75, 3.05) is 0 Å². The molecule has 2 heteroatoms. The van der Waals surface area contributed by atoms with Gasteiger partial charge in [0.25, 0.3) is 0 Å². The maximum absolute atomic E-state index is 5.39. The Morgan fingerprint density at radius 1 is 1.27 bits per heavy atom. The third-order valence-electron chi connectivity index (χ3n) is 1.63. The monoisotopic (exact) mass is 147 g/mol. The number of furan rings is 1. The van der Waals surface area contributed by atoms with Crippen molar-refractivity contribution in [2.45, 2.75) is 13.8 Å². The van der Waals surface area contributed by atoms with Crippen molar-refractivity contribution in [1.82, 2.24) is 4.98 Å². The number of pyridine rings is 1. The molecule has 0 aliphatic carbocycles. The van der Waals surface area contributed by atoms with Gasteiger partial charge in [0, 0.05) is 12.3 Å². The van der Waals surface area contributed by atoms with Crippen LogP contribution in [-0.4, -0.2) is 4.98 Å². The summed E-state index contributed by atoms with van der Waals surface area (Å²) in [5.41, 5.74) is 2.95. The molecule has 0 aliphatic heterocycles. The summed E-state index contributed by atoms with van der Waals surface area (Å²) < 4.78 is 5.39. The Kier molecular flexibility index (Phi) is 1.22. The van der Waals surface area contributed by atoms with E-state index in [0.717, 1.165) is 22.4 Å². The van der Waals surface area contributed by atoms with Gasteiger partial charge in [-0.3, -0.25) is 4.98 Å². The SMILES string of the molecule is Cc1cnc2cc(C)oc2c1. The third-order valence-corrected chi connectivity index (χ3v) is 1.63. The largest absolute Gasteiger partial charge is 0.460 e. The minimum atomic E-state index is 0.877. The van der Waals surface area contributed by atoms with Crippen LogP contribution >= 0.6 is 0 Å². The van der Waals surface area contributed by atoms with E-state index in [9.17, 15) is 0 Å². The molecule has 0 fully saturated rings. The Hall–Kier alpha value is -1.31. The number of rotatable bonds is 0. The molecule has 2 heterocycles. The van der Waals surface area contributed by atoms with Gasteiger partial charge in [-0.1, -0.05) is 0 Å². The van der Waals surface area contributed by atoms with Crippen LogP contribution in [0, 0.1) is 13.8 Å². The van der Waals surface area contributed by atoms with Crippen LogP contribution in [0.3, 0.4) is 0 Å². The van der Waals surface area contributed by atoms with Crippen LogP contribution in [0.4, 0.5) is 0 Å². The quantitative estimate of drug-likeness (QED) is 0.572. The molecule has 56 valence electrons. The molecule has 0 amide bonds. The fraction of sp³-hybridized carbons (Fsp3) is 0.222. The van der Waals surface area contributed by atoms with Crippen molar-refractivity contribution < 1.29 is 4.42 Å². The molecule has 2 nitrogen and oxygen atoms in total. The van der Waals surface area contributed by atoms with E-state index in [1.54, 1.807) is 0 Å². The van der Waals surface area contributed by atoms with Crippen LogP contribution in [0.15, 0.2) is 22.7 Å². The zero-order valence-corrected chi connectivity index (χ0v) is 6.59. The van der Waals surface area contributed by atoms with Gasteiger partial charge in [-0.25, -0.2) is 0 Å². The average Bonchev–Trinajstić information content (AvgIpc) is 2.27. The van der Waals surface area contributed by atoms with E-state index >= 15 is 0 Å². The summed E-state index contributed by atoms with van der Waals surface area (Å²) in [6.07, 6.45) is 1.84. The van der Waals surface area contributed by atoms with Gasteiger partial charge in [-0.2, -0.15) is 0 Å². The first kappa shape index (κ1) is 6.40. The Morgan fingerprint density at radius 2 is 2.09 bits per heavy atom. The Balaban J connectivity index is 2.82. The predicted octanol–water partition coefficient (Wildman–Crippen LogP) is 2.44. The Labute approximate surface area is 64.9 Å². The van der Waals surface area contributed by atoms with Gasteiger partial charge in [0.15, 0.2) is 5.58 Å². The summed E-state index contributed by atoms with van der Waals surface area (Å²) in [7, 11) is 0. The molecule has 0 bridgehead atoms. The maximum atomic E-state index is 5.39. The standard InChI is InChI=1S/C9H9NO/c1-6-3-9-8(10-5-6)4-7(2)11-9/h3-5H,1-2H3. The van der Waals surface area contributed by atoms with Gasteiger partial charge in [-0.15, -0.1) is 0 Å². The van der Waals surface area contributed by atoms with E-state index in [1.807, 2.05) is 32.2 Å². The van der Waals surface area contributed by atoms with Crippen LogP contribution in [0.1, 0.15) is 11.3 Å². The van der Waals surface area contributed by atoms with E-state index in [2.05, 4.69) is 4.98 Å². The Morgan fingerprint density at radius 3 is 2.91 bits per heavy atom. The molecule has 11 heavy (non-hydrogen) atoms. The summed E-state index contributed by atoms with van der Waals surface area (Å²) >= 11 is 0. The highest BCUT2D eigenvalue weighted by Crippen LogP contribution is 2.16. The lowest BCUT2D eigenvalue weighted by atomic mass is 10.3. The molecule has 0 saturated heterocycles. The van der Waals surface area contributed by atoms with E-state index in [0.29, 0.717) is 0 Å². The summed E-state index contributed by atoms with van der Waals surface area (Å²) in [5.74, 6) is 0.915. The molecule has 0 unspecified atom stereocenters. The molecule has 0 radical (unpaired) electrons. The molecule has 0 N–H and O–H groups in total. The molecule has 2 aromatic heterocycles. The fourth-order valence-electron chi connectivity index (χ4n) is 1.14. The van der Waals surface area contributed by atoms with Gasteiger partial charge in [-0.05, 0) is 25.5 Å². The van der Waals surface area contributed by atoms with Crippen molar-refractivity contribution >= 4 is 11.1 Å². The normalized spacial score (nSPS) is 10.7. The number of aryl methyl sites for hydroxylation is 2. The van der Waals surface area contributed by atoms with E-state index in [4.69, 9.17) is 4.42 Å². The predicted molar refractivity (Wildman–Crippen MR) is 43.5 cm³/mol. The van der Waals surface area contributed by atoms with Gasteiger partial charge < -0.3 is 4.42 Å². The molecule has 2 rings (SSSR count). The fourth-order valence-corrected chi connectivity index (χ4v) is 1.14. The average molecular weight is 147 g/mol. The van der Waals surface area contributed by atoms with Crippen LogP contribution in [-0.2, 0) is 0 Å². The second-order valence-corrected chi connectivity index (χ2v) is 2.75. The number of hydrogen-bond donors (Lipinski definition) is 0. The molecule has 0 atom stereocenters. The molecular formula is C9H9NO. The van der Waals surface area contributed by atoms with E-state index in [-0.39, 0.29) is 0 Å². The summed E-state index contributed by atoms with van der Waals surface area (Å²) in [6, 6.07) is 3.93. The van der Waals surface area contributed by atoms with Crippen LogP contribution in [0.2, 0.25) is 0 Å². The number of fused-ring (bicyclic) bond motifs is 1. The molecule has 2 aromatic rings. The minimum Gasteiger partial charge on any atom is -0.460 e. The van der Waals surface area contributed by atoms with Crippen molar-refractivity contribution in [3.8, 4) is 0 Å². The zero-order valence-electron chi connectivity index (χ0n) is 6.59. The first-order valence-corrected chi connectivity index (χ1v) is 3.58. The summed E-state index contributed by atoms with van der Waals surface area (Å²) in [4.78, 5) is 4.21. The van der Waals surface area contributed by atoms with Gasteiger partial charge in [0.2, 0.25) is 0 Å². The van der Waals surface area contributed by atoms with Crippen LogP contribution in [0.5, 0.6) is 0 Å². The second-order valence-electron chi connectivity index (χ2n) is 2.75. The highest BCUT2D eigenvalue weighted by Gasteiger charge is 1.99. The second kappa shape index (κ2) is 2.09. The first-order valence-electron chi connectivity index (χ1n) is 3.58. The maximum Gasteiger partial charge on any atom is 0.152 e. The number of aromatic nitrogens is 1. The zero-order chi connectivity index (χ0) is 7.84. The Bertz CT molecular complexity index is 389. The summed E-state index contributed by atoms with van der Waals surface area (Å²) in [5, 5.41) is 0. The topological polar surface area (TPSA) is 26.0 Å². The minimum absolute atomic E-state index is 0.877. The van der Waals surface area contributed by atoms with Crippen molar-refractivity contribution in [1.29, 1.82) is 0 Å². The summed E-state index contributed by atoms with van der Waals surface area (Å²) in [6.45, 7) is 3.93. The number of nitrogens with zero attached hydrogens (tertiary/aromatic N) is 1. The smallest absolute Gasteiger partial charge is 0.152 e. The van der Waals surface area contributed by atoms with Crippen LogP contribution in [0.25, 0.3) is 11.1 Å². The van der Waals surface area contributed by atoms with E-state index in [1.165, 1.54) is 0 Å². The highest BCUT2D eigenvalue weighted by molar-refractivity contribution is 5.73.